The Kier molecular flexibility index (Phi) is 7.18. The molecule has 2 aromatic carbocycles. The molecular formula is C22H29N2O2S+. The molecule has 0 spiro atoms. The van der Waals surface area contributed by atoms with Crippen molar-refractivity contribution in [1.29, 1.82) is 0 Å². The van der Waals surface area contributed by atoms with Crippen LogP contribution in [0.5, 0.6) is 5.75 Å². The highest BCUT2D eigenvalue weighted by Crippen LogP contribution is 2.25. The number of carbonyl (C=O) groups excluding carboxylic acids is 1. The lowest BCUT2D eigenvalue weighted by Crippen LogP contribution is -3.11. The third kappa shape index (κ3) is 5.27. The van der Waals surface area contributed by atoms with E-state index in [0.29, 0.717) is 17.9 Å². The Morgan fingerprint density at radius 3 is 2.56 bits per heavy atom. The van der Waals surface area contributed by atoms with Gasteiger partial charge < -0.3 is 15.0 Å². The van der Waals surface area contributed by atoms with Gasteiger partial charge in [0.25, 0.3) is 5.91 Å². The van der Waals surface area contributed by atoms with E-state index >= 15 is 0 Å². The minimum absolute atomic E-state index is 0.0976. The first kappa shape index (κ1) is 19.8. The van der Waals surface area contributed by atoms with Crippen LogP contribution in [0, 0.1) is 0 Å². The van der Waals surface area contributed by atoms with E-state index < -0.39 is 0 Å². The van der Waals surface area contributed by atoms with Crippen LogP contribution >= 0.6 is 11.8 Å². The molecule has 0 atom stereocenters. The molecule has 1 saturated heterocycles. The molecule has 0 saturated carbocycles. The quantitative estimate of drug-likeness (QED) is 0.720. The fraction of sp³-hybridized carbons (Fsp3) is 0.409. The van der Waals surface area contributed by atoms with Crippen LogP contribution in [-0.2, 0) is 13.1 Å². The number of amides is 1. The van der Waals surface area contributed by atoms with Crippen molar-refractivity contribution in [2.24, 2.45) is 0 Å². The Morgan fingerprint density at radius 2 is 1.85 bits per heavy atom. The summed E-state index contributed by atoms with van der Waals surface area (Å²) in [6.07, 6.45) is 6.01. The van der Waals surface area contributed by atoms with Gasteiger partial charge in [-0.25, -0.2) is 0 Å². The summed E-state index contributed by atoms with van der Waals surface area (Å²) in [6.45, 7) is 4.08. The molecule has 1 amide bonds. The van der Waals surface area contributed by atoms with Gasteiger partial charge in [-0.1, -0.05) is 24.3 Å². The maximum atomic E-state index is 12.7. The number of carbonyl (C=O) groups is 1. The smallest absolute Gasteiger partial charge is 0.255 e. The Labute approximate surface area is 166 Å². The molecule has 3 rings (SSSR count). The molecule has 1 heterocycles. The zero-order valence-electron chi connectivity index (χ0n) is 16.2. The van der Waals surface area contributed by atoms with Gasteiger partial charge in [-0.05, 0) is 49.3 Å². The Hall–Kier alpha value is -1.98. The minimum atomic E-state index is -0.0976. The third-order valence-electron chi connectivity index (χ3n) is 5.21. The van der Waals surface area contributed by atoms with Crippen LogP contribution in [0.4, 0.5) is 0 Å². The fourth-order valence-electron chi connectivity index (χ4n) is 3.66. The van der Waals surface area contributed by atoms with Gasteiger partial charge in [-0.3, -0.25) is 4.79 Å². The average Bonchev–Trinajstić information content (AvgIpc) is 2.73. The van der Waals surface area contributed by atoms with Crippen molar-refractivity contribution >= 4 is 17.7 Å². The lowest BCUT2D eigenvalue weighted by Gasteiger charge is -2.24. The third-order valence-corrected chi connectivity index (χ3v) is 5.94. The highest BCUT2D eigenvalue weighted by molar-refractivity contribution is 7.98. The van der Waals surface area contributed by atoms with E-state index in [4.69, 9.17) is 4.74 Å². The number of methoxy groups -OCH3 is 1. The van der Waals surface area contributed by atoms with Crippen LogP contribution in [0.25, 0.3) is 0 Å². The van der Waals surface area contributed by atoms with E-state index in [2.05, 4.69) is 23.5 Å². The SMILES string of the molecule is COc1cc(SC)ccc1C(=O)NCc1ccccc1C[NH+]1CCCCC1. The molecule has 0 unspecified atom stereocenters. The second-order valence-electron chi connectivity index (χ2n) is 7.01. The molecule has 1 aliphatic rings. The van der Waals surface area contributed by atoms with Crippen molar-refractivity contribution < 1.29 is 14.4 Å². The number of hydrogen-bond acceptors (Lipinski definition) is 3. The molecular weight excluding hydrogens is 356 g/mol. The summed E-state index contributed by atoms with van der Waals surface area (Å²) in [7, 11) is 1.60. The molecule has 2 N–H and O–H groups in total. The molecule has 1 aliphatic heterocycles. The van der Waals surface area contributed by atoms with Gasteiger partial charge in [0.1, 0.15) is 12.3 Å². The van der Waals surface area contributed by atoms with Gasteiger partial charge in [0.2, 0.25) is 0 Å². The van der Waals surface area contributed by atoms with E-state index in [1.54, 1.807) is 23.8 Å². The van der Waals surface area contributed by atoms with Gasteiger partial charge >= 0.3 is 0 Å². The average molecular weight is 386 g/mol. The maximum Gasteiger partial charge on any atom is 0.255 e. The number of likely N-dealkylation sites (tertiary alicyclic amines) is 1. The molecule has 0 radical (unpaired) electrons. The highest BCUT2D eigenvalue weighted by atomic mass is 32.2. The summed E-state index contributed by atoms with van der Waals surface area (Å²) >= 11 is 1.63. The van der Waals surface area contributed by atoms with Crippen molar-refractivity contribution in [2.45, 2.75) is 37.2 Å². The fourth-order valence-corrected chi connectivity index (χ4v) is 4.09. The lowest BCUT2D eigenvalue weighted by molar-refractivity contribution is -0.918. The van der Waals surface area contributed by atoms with Crippen LogP contribution < -0.4 is 15.0 Å². The molecule has 0 aromatic heterocycles. The first-order valence-electron chi connectivity index (χ1n) is 9.62. The summed E-state index contributed by atoms with van der Waals surface area (Å²) in [5, 5.41) is 3.07. The largest absolute Gasteiger partial charge is 0.496 e. The summed E-state index contributed by atoms with van der Waals surface area (Å²) in [6, 6.07) is 14.1. The van der Waals surface area contributed by atoms with Crippen LogP contribution in [0.15, 0.2) is 47.4 Å². The number of ether oxygens (including phenoxy) is 1. The van der Waals surface area contributed by atoms with Crippen LogP contribution in [0.1, 0.15) is 40.7 Å². The molecule has 27 heavy (non-hydrogen) atoms. The summed E-state index contributed by atoms with van der Waals surface area (Å²) < 4.78 is 5.41. The molecule has 5 heteroatoms. The van der Waals surface area contributed by atoms with E-state index in [-0.39, 0.29) is 5.91 Å². The number of piperidine rings is 1. The maximum absolute atomic E-state index is 12.7. The number of benzene rings is 2. The van der Waals surface area contributed by atoms with Crippen LogP contribution in [-0.4, -0.2) is 32.4 Å². The standard InChI is InChI=1S/C22H28N2O2S/c1-26-21-14-19(27-2)10-11-20(21)22(25)23-15-17-8-4-5-9-18(17)16-24-12-6-3-7-13-24/h4-5,8-11,14H,3,6-7,12-13,15-16H2,1-2H3,(H,23,25)/p+1. The number of nitrogens with one attached hydrogen (secondary N) is 2. The normalized spacial score (nSPS) is 14.7. The first-order valence-corrected chi connectivity index (χ1v) is 10.8. The van der Waals surface area contributed by atoms with E-state index in [1.807, 2.05) is 30.5 Å². The molecule has 4 nitrogen and oxygen atoms in total. The van der Waals surface area contributed by atoms with Crippen molar-refractivity contribution in [3.05, 3.63) is 59.2 Å². The van der Waals surface area contributed by atoms with E-state index in [0.717, 1.165) is 11.4 Å². The first-order chi connectivity index (χ1) is 13.2. The van der Waals surface area contributed by atoms with Gasteiger partial charge in [0.15, 0.2) is 0 Å². The number of quaternary nitrogens is 1. The lowest BCUT2D eigenvalue weighted by atomic mass is 10.0. The molecule has 0 bridgehead atoms. The van der Waals surface area contributed by atoms with Gasteiger partial charge in [0.05, 0.1) is 25.8 Å². The van der Waals surface area contributed by atoms with E-state index in [1.165, 1.54) is 43.5 Å². The summed E-state index contributed by atoms with van der Waals surface area (Å²) in [4.78, 5) is 15.4. The minimum Gasteiger partial charge on any atom is -0.496 e. The number of rotatable bonds is 7. The molecule has 144 valence electrons. The van der Waals surface area contributed by atoms with Crippen LogP contribution in [0.3, 0.4) is 0 Å². The molecule has 2 aromatic rings. The summed E-state index contributed by atoms with van der Waals surface area (Å²) in [5.74, 6) is 0.519. The van der Waals surface area contributed by atoms with Crippen LogP contribution in [0.2, 0.25) is 0 Å². The monoisotopic (exact) mass is 385 g/mol. The van der Waals surface area contributed by atoms with Crippen molar-refractivity contribution in [2.75, 3.05) is 26.5 Å². The molecule has 0 aliphatic carbocycles. The second kappa shape index (κ2) is 9.81. The van der Waals surface area contributed by atoms with E-state index in [9.17, 15) is 4.79 Å². The van der Waals surface area contributed by atoms with Crippen molar-refractivity contribution in [3.8, 4) is 5.75 Å². The van der Waals surface area contributed by atoms with Crippen molar-refractivity contribution in [3.63, 3.8) is 0 Å². The van der Waals surface area contributed by atoms with Gasteiger partial charge in [-0.15, -0.1) is 11.8 Å². The Balaban J connectivity index is 1.67. The second-order valence-corrected chi connectivity index (χ2v) is 7.88. The molecule has 1 fully saturated rings. The number of hydrogen-bond donors (Lipinski definition) is 2. The Morgan fingerprint density at radius 1 is 1.11 bits per heavy atom. The van der Waals surface area contributed by atoms with Gasteiger partial charge in [-0.2, -0.15) is 0 Å². The Bertz CT molecular complexity index is 773. The number of thioether (sulfide) groups is 1. The zero-order chi connectivity index (χ0) is 19.1. The van der Waals surface area contributed by atoms with Crippen molar-refractivity contribution in [1.82, 2.24) is 5.32 Å². The highest BCUT2D eigenvalue weighted by Gasteiger charge is 2.17. The summed E-state index contributed by atoms with van der Waals surface area (Å²) in [5.41, 5.74) is 3.11. The topological polar surface area (TPSA) is 42.8 Å². The predicted octanol–water partition coefficient (Wildman–Crippen LogP) is 2.92. The zero-order valence-corrected chi connectivity index (χ0v) is 17.0. The predicted molar refractivity (Wildman–Crippen MR) is 111 cm³/mol. The van der Waals surface area contributed by atoms with Gasteiger partial charge in [0, 0.05) is 17.0 Å².